The van der Waals surface area contributed by atoms with Crippen molar-refractivity contribution in [2.75, 3.05) is 11.9 Å². The molecule has 0 radical (unpaired) electrons. The molecule has 4 nitrogen and oxygen atoms in total. The Balaban J connectivity index is 2.09. The monoisotopic (exact) mass is 282 g/mol. The summed E-state index contributed by atoms with van der Waals surface area (Å²) < 4.78 is 0. The lowest BCUT2D eigenvalue weighted by atomic mass is 10.0. The highest BCUT2D eigenvalue weighted by molar-refractivity contribution is 5.70. The number of aromatic nitrogens is 3. The molecule has 0 bridgehead atoms. The van der Waals surface area contributed by atoms with Crippen LogP contribution in [0.2, 0.25) is 0 Å². The zero-order chi connectivity index (χ0) is 14.8. The van der Waals surface area contributed by atoms with E-state index in [1.807, 2.05) is 18.5 Å². The van der Waals surface area contributed by atoms with Crippen molar-refractivity contribution < 1.29 is 0 Å². The van der Waals surface area contributed by atoms with Crippen LogP contribution in [0.25, 0.3) is 11.3 Å². The van der Waals surface area contributed by atoms with Crippen LogP contribution in [0.5, 0.6) is 0 Å². The number of pyridine rings is 1. The molecule has 0 aromatic carbocycles. The molecular weight excluding hydrogens is 260 g/mol. The summed E-state index contributed by atoms with van der Waals surface area (Å²) in [6, 6.07) is 2.05. The minimum atomic E-state index is 0.550. The molecule has 3 rings (SSSR count). The first kappa shape index (κ1) is 14.0. The topological polar surface area (TPSA) is 50.7 Å². The van der Waals surface area contributed by atoms with E-state index in [0.29, 0.717) is 5.92 Å². The van der Waals surface area contributed by atoms with E-state index < -0.39 is 0 Å². The minimum absolute atomic E-state index is 0.550. The van der Waals surface area contributed by atoms with Crippen molar-refractivity contribution in [3.63, 3.8) is 0 Å². The second-order valence-corrected chi connectivity index (χ2v) is 5.80. The Hall–Kier alpha value is -1.97. The maximum atomic E-state index is 4.86. The lowest BCUT2D eigenvalue weighted by Gasteiger charge is -2.15. The van der Waals surface area contributed by atoms with Crippen molar-refractivity contribution in [2.24, 2.45) is 0 Å². The fourth-order valence-corrected chi connectivity index (χ4v) is 2.47. The van der Waals surface area contributed by atoms with E-state index in [1.54, 1.807) is 0 Å². The van der Waals surface area contributed by atoms with Gasteiger partial charge in [0.15, 0.2) is 0 Å². The van der Waals surface area contributed by atoms with Crippen LogP contribution in [0.1, 0.15) is 49.1 Å². The predicted octanol–water partition coefficient (Wildman–Crippen LogP) is 3.85. The van der Waals surface area contributed by atoms with Gasteiger partial charge < -0.3 is 5.32 Å². The predicted molar refractivity (Wildman–Crippen MR) is 85.5 cm³/mol. The summed E-state index contributed by atoms with van der Waals surface area (Å²) in [6.45, 7) is 7.29. The van der Waals surface area contributed by atoms with Gasteiger partial charge in [-0.15, -0.1) is 0 Å². The Kier molecular flexibility index (Phi) is 3.86. The second kappa shape index (κ2) is 5.80. The summed E-state index contributed by atoms with van der Waals surface area (Å²) in [5, 5.41) is 3.45. The second-order valence-electron chi connectivity index (χ2n) is 5.80. The van der Waals surface area contributed by atoms with Crippen LogP contribution in [0.3, 0.4) is 0 Å². The van der Waals surface area contributed by atoms with Crippen LogP contribution in [0, 0.1) is 13.8 Å². The van der Waals surface area contributed by atoms with Gasteiger partial charge in [0.2, 0.25) is 0 Å². The Morgan fingerprint density at radius 1 is 1.24 bits per heavy atom. The summed E-state index contributed by atoms with van der Waals surface area (Å²) in [7, 11) is 0. The summed E-state index contributed by atoms with van der Waals surface area (Å²) in [5.74, 6) is 2.53. The van der Waals surface area contributed by atoms with Crippen LogP contribution in [-0.4, -0.2) is 21.5 Å². The van der Waals surface area contributed by atoms with Gasteiger partial charge in [0.1, 0.15) is 11.6 Å². The van der Waals surface area contributed by atoms with E-state index in [0.717, 1.165) is 47.0 Å². The molecule has 2 aromatic heterocycles. The summed E-state index contributed by atoms with van der Waals surface area (Å²) in [5.41, 5.74) is 4.49. The molecule has 0 spiro atoms. The Bertz CT molecular complexity index is 647. The number of hydrogen-bond donors (Lipinski definition) is 1. The van der Waals surface area contributed by atoms with Gasteiger partial charge in [-0.1, -0.05) is 6.92 Å². The van der Waals surface area contributed by atoms with Gasteiger partial charge in [-0.05, 0) is 44.7 Å². The standard InChI is InChI=1S/C17H22N4/c1-4-8-19-16-12(3)15(14-7-9-18-10-11(14)2)20-17(21-16)13-5-6-13/h7,9-10,13H,4-6,8H2,1-3H3,(H,19,20,21). The van der Waals surface area contributed by atoms with Crippen molar-refractivity contribution in [2.45, 2.75) is 46.0 Å². The first-order chi connectivity index (χ1) is 10.2. The largest absolute Gasteiger partial charge is 0.370 e. The number of anilines is 1. The van der Waals surface area contributed by atoms with Gasteiger partial charge in [-0.2, -0.15) is 0 Å². The third kappa shape index (κ3) is 2.89. The summed E-state index contributed by atoms with van der Waals surface area (Å²) in [6.07, 6.45) is 7.24. The Labute approximate surface area is 126 Å². The van der Waals surface area contributed by atoms with Crippen molar-refractivity contribution in [1.82, 2.24) is 15.0 Å². The third-order valence-electron chi connectivity index (χ3n) is 3.92. The highest BCUT2D eigenvalue weighted by Gasteiger charge is 2.28. The SMILES string of the molecule is CCCNc1nc(C2CC2)nc(-c2ccncc2C)c1C. The van der Waals surface area contributed by atoms with E-state index in [4.69, 9.17) is 9.97 Å². The lowest BCUT2D eigenvalue weighted by molar-refractivity contribution is 0.902. The van der Waals surface area contributed by atoms with E-state index >= 15 is 0 Å². The van der Waals surface area contributed by atoms with Gasteiger partial charge in [0.05, 0.1) is 5.69 Å². The zero-order valence-corrected chi connectivity index (χ0v) is 13.0. The highest BCUT2D eigenvalue weighted by atomic mass is 15.0. The molecule has 1 aliphatic rings. The number of nitrogens with zero attached hydrogens (tertiary/aromatic N) is 3. The van der Waals surface area contributed by atoms with Crippen molar-refractivity contribution >= 4 is 5.82 Å². The van der Waals surface area contributed by atoms with Gasteiger partial charge in [0.25, 0.3) is 0 Å². The fourth-order valence-electron chi connectivity index (χ4n) is 2.47. The molecule has 1 fully saturated rings. The quantitative estimate of drug-likeness (QED) is 0.905. The van der Waals surface area contributed by atoms with Crippen LogP contribution in [0.15, 0.2) is 18.5 Å². The molecule has 1 saturated carbocycles. The van der Waals surface area contributed by atoms with E-state index in [1.165, 1.54) is 12.8 Å². The Morgan fingerprint density at radius 2 is 2.05 bits per heavy atom. The van der Waals surface area contributed by atoms with Gasteiger partial charge in [-0.25, -0.2) is 9.97 Å². The summed E-state index contributed by atoms with van der Waals surface area (Å²) in [4.78, 5) is 13.8. The number of nitrogens with one attached hydrogen (secondary N) is 1. The van der Waals surface area contributed by atoms with Crippen LogP contribution in [0.4, 0.5) is 5.82 Å². The molecule has 110 valence electrons. The molecular formula is C17H22N4. The highest BCUT2D eigenvalue weighted by Crippen LogP contribution is 2.40. The molecule has 2 aromatic rings. The van der Waals surface area contributed by atoms with Gasteiger partial charge >= 0.3 is 0 Å². The fraction of sp³-hybridized carbons (Fsp3) is 0.471. The molecule has 1 N–H and O–H groups in total. The zero-order valence-electron chi connectivity index (χ0n) is 13.0. The van der Waals surface area contributed by atoms with Crippen LogP contribution < -0.4 is 5.32 Å². The molecule has 4 heteroatoms. The van der Waals surface area contributed by atoms with Gasteiger partial charge in [0, 0.05) is 36.0 Å². The molecule has 0 unspecified atom stereocenters. The molecule has 0 aliphatic heterocycles. The maximum absolute atomic E-state index is 4.86. The average Bonchev–Trinajstić information content (AvgIpc) is 3.32. The maximum Gasteiger partial charge on any atom is 0.134 e. The van der Waals surface area contributed by atoms with E-state index in [-0.39, 0.29) is 0 Å². The number of aryl methyl sites for hydroxylation is 1. The number of hydrogen-bond acceptors (Lipinski definition) is 4. The Morgan fingerprint density at radius 3 is 2.71 bits per heavy atom. The summed E-state index contributed by atoms with van der Waals surface area (Å²) >= 11 is 0. The molecule has 0 saturated heterocycles. The molecule has 1 aliphatic carbocycles. The molecule has 0 atom stereocenters. The average molecular weight is 282 g/mol. The first-order valence-corrected chi connectivity index (χ1v) is 7.74. The van der Waals surface area contributed by atoms with E-state index in [9.17, 15) is 0 Å². The molecule has 2 heterocycles. The first-order valence-electron chi connectivity index (χ1n) is 7.74. The third-order valence-corrected chi connectivity index (χ3v) is 3.92. The lowest BCUT2D eigenvalue weighted by Crippen LogP contribution is -2.09. The van der Waals surface area contributed by atoms with Crippen LogP contribution in [-0.2, 0) is 0 Å². The van der Waals surface area contributed by atoms with Crippen molar-refractivity contribution in [3.05, 3.63) is 35.4 Å². The smallest absolute Gasteiger partial charge is 0.134 e. The van der Waals surface area contributed by atoms with Crippen molar-refractivity contribution in [3.8, 4) is 11.3 Å². The van der Waals surface area contributed by atoms with Crippen LogP contribution >= 0.6 is 0 Å². The molecule has 0 amide bonds. The minimum Gasteiger partial charge on any atom is -0.370 e. The number of rotatable bonds is 5. The molecule has 21 heavy (non-hydrogen) atoms. The van der Waals surface area contributed by atoms with Gasteiger partial charge in [-0.3, -0.25) is 4.98 Å². The normalized spacial score (nSPS) is 14.2. The van der Waals surface area contributed by atoms with E-state index in [2.05, 4.69) is 31.1 Å². The van der Waals surface area contributed by atoms with Crippen molar-refractivity contribution in [1.29, 1.82) is 0 Å².